The van der Waals surface area contributed by atoms with E-state index in [1.54, 1.807) is 48.5 Å². The number of carboxylic acid groups (broad SMARTS) is 1. The topological polar surface area (TPSA) is 109 Å². The van der Waals surface area contributed by atoms with Crippen molar-refractivity contribution in [1.82, 2.24) is 4.72 Å². The number of carbonyl (C=O) groups is 1. The SMILES string of the molecule is Nc1ccc(CS(=O)(=O)NC(Cc2ccccc2)C(=O)O)cc1. The Bertz CT molecular complexity index is 758. The number of hydrogen-bond acceptors (Lipinski definition) is 4. The van der Waals surface area contributed by atoms with Gasteiger partial charge >= 0.3 is 5.97 Å². The van der Waals surface area contributed by atoms with E-state index in [1.807, 2.05) is 6.07 Å². The number of anilines is 1. The first-order chi connectivity index (χ1) is 10.9. The highest BCUT2D eigenvalue weighted by molar-refractivity contribution is 7.88. The summed E-state index contributed by atoms with van der Waals surface area (Å²) in [5.74, 6) is -1.51. The zero-order valence-corrected chi connectivity index (χ0v) is 13.2. The van der Waals surface area contributed by atoms with Crippen LogP contribution in [-0.4, -0.2) is 25.5 Å². The van der Waals surface area contributed by atoms with E-state index in [2.05, 4.69) is 4.72 Å². The average Bonchev–Trinajstić information content (AvgIpc) is 2.49. The summed E-state index contributed by atoms with van der Waals surface area (Å²) < 4.78 is 26.6. The van der Waals surface area contributed by atoms with Crippen LogP contribution in [0.15, 0.2) is 54.6 Å². The van der Waals surface area contributed by atoms with Crippen molar-refractivity contribution in [2.45, 2.75) is 18.2 Å². The summed E-state index contributed by atoms with van der Waals surface area (Å²) in [4.78, 5) is 11.3. The molecule has 0 radical (unpaired) electrons. The Hall–Kier alpha value is -2.38. The van der Waals surface area contributed by atoms with Gasteiger partial charge in [0.1, 0.15) is 6.04 Å². The second kappa shape index (κ2) is 7.26. The van der Waals surface area contributed by atoms with Gasteiger partial charge in [-0.05, 0) is 29.7 Å². The van der Waals surface area contributed by atoms with E-state index in [4.69, 9.17) is 5.73 Å². The third-order valence-corrected chi connectivity index (χ3v) is 4.60. The lowest BCUT2D eigenvalue weighted by atomic mass is 10.1. The van der Waals surface area contributed by atoms with Gasteiger partial charge in [0.05, 0.1) is 5.75 Å². The lowest BCUT2D eigenvalue weighted by molar-refractivity contribution is -0.138. The van der Waals surface area contributed by atoms with Crippen LogP contribution in [0.4, 0.5) is 5.69 Å². The molecule has 0 saturated carbocycles. The summed E-state index contributed by atoms with van der Waals surface area (Å²) in [6.45, 7) is 0. The summed E-state index contributed by atoms with van der Waals surface area (Å²) >= 11 is 0. The zero-order chi connectivity index (χ0) is 16.9. The number of carboxylic acids is 1. The van der Waals surface area contributed by atoms with E-state index in [0.29, 0.717) is 11.3 Å². The van der Waals surface area contributed by atoms with E-state index in [1.165, 1.54) is 0 Å². The van der Waals surface area contributed by atoms with Crippen LogP contribution in [0.2, 0.25) is 0 Å². The summed E-state index contributed by atoms with van der Waals surface area (Å²) in [5, 5.41) is 9.26. The van der Waals surface area contributed by atoms with Gasteiger partial charge in [0, 0.05) is 5.69 Å². The van der Waals surface area contributed by atoms with Crippen molar-refractivity contribution in [3.8, 4) is 0 Å². The lowest BCUT2D eigenvalue weighted by Crippen LogP contribution is -2.42. The molecule has 4 N–H and O–H groups in total. The van der Waals surface area contributed by atoms with Crippen LogP contribution in [-0.2, 0) is 27.0 Å². The molecule has 0 spiro atoms. The molecule has 1 unspecified atom stereocenters. The van der Waals surface area contributed by atoms with Gasteiger partial charge in [-0.2, -0.15) is 0 Å². The van der Waals surface area contributed by atoms with Crippen molar-refractivity contribution in [2.75, 3.05) is 5.73 Å². The molecular formula is C16H18N2O4S. The third kappa shape index (κ3) is 5.39. The quantitative estimate of drug-likeness (QED) is 0.663. The Labute approximate surface area is 135 Å². The molecule has 0 saturated heterocycles. The Morgan fingerprint density at radius 3 is 2.22 bits per heavy atom. The van der Waals surface area contributed by atoms with E-state index < -0.39 is 22.0 Å². The first kappa shape index (κ1) is 17.0. The standard InChI is InChI=1S/C16H18N2O4S/c17-14-8-6-13(7-9-14)11-23(21,22)18-15(16(19)20)10-12-4-2-1-3-5-12/h1-9,15,18H,10-11,17H2,(H,19,20). The van der Waals surface area contributed by atoms with Crippen molar-refractivity contribution >= 4 is 21.7 Å². The number of nitrogen functional groups attached to an aromatic ring is 1. The molecule has 0 heterocycles. The molecule has 0 amide bonds. The predicted molar refractivity (Wildman–Crippen MR) is 88.2 cm³/mol. The number of hydrogen-bond donors (Lipinski definition) is 3. The second-order valence-electron chi connectivity index (χ2n) is 5.20. The number of aliphatic carboxylic acids is 1. The van der Waals surface area contributed by atoms with Crippen LogP contribution in [0.5, 0.6) is 0 Å². The van der Waals surface area contributed by atoms with Crippen LogP contribution >= 0.6 is 0 Å². The van der Waals surface area contributed by atoms with Gasteiger partial charge in [-0.25, -0.2) is 13.1 Å². The fraction of sp³-hybridized carbons (Fsp3) is 0.188. The molecule has 0 aromatic heterocycles. The monoisotopic (exact) mass is 334 g/mol. The molecule has 0 fully saturated rings. The predicted octanol–water partition coefficient (Wildman–Crippen LogP) is 1.38. The minimum atomic E-state index is -3.78. The number of sulfonamides is 1. The molecule has 23 heavy (non-hydrogen) atoms. The van der Waals surface area contributed by atoms with E-state index in [-0.39, 0.29) is 12.2 Å². The Kier molecular flexibility index (Phi) is 5.36. The molecule has 2 aromatic carbocycles. The van der Waals surface area contributed by atoms with Crippen LogP contribution < -0.4 is 10.5 Å². The molecule has 2 aromatic rings. The fourth-order valence-corrected chi connectivity index (χ4v) is 3.45. The number of rotatable bonds is 7. The van der Waals surface area contributed by atoms with Gasteiger partial charge in [0.25, 0.3) is 0 Å². The van der Waals surface area contributed by atoms with Crippen molar-refractivity contribution < 1.29 is 18.3 Å². The minimum Gasteiger partial charge on any atom is -0.480 e. The van der Waals surface area contributed by atoms with Crippen LogP contribution in [0.3, 0.4) is 0 Å². The van der Waals surface area contributed by atoms with Crippen molar-refractivity contribution in [3.05, 3.63) is 65.7 Å². The van der Waals surface area contributed by atoms with E-state index in [0.717, 1.165) is 5.56 Å². The first-order valence-corrected chi connectivity index (χ1v) is 8.62. The highest BCUT2D eigenvalue weighted by atomic mass is 32.2. The molecule has 2 rings (SSSR count). The van der Waals surface area contributed by atoms with Gasteiger partial charge in [-0.15, -0.1) is 0 Å². The maximum atomic E-state index is 12.2. The first-order valence-electron chi connectivity index (χ1n) is 6.97. The van der Waals surface area contributed by atoms with Gasteiger partial charge < -0.3 is 10.8 Å². The van der Waals surface area contributed by atoms with Crippen LogP contribution in [0.25, 0.3) is 0 Å². The third-order valence-electron chi connectivity index (χ3n) is 3.24. The van der Waals surface area contributed by atoms with E-state index >= 15 is 0 Å². The Balaban J connectivity index is 2.08. The Morgan fingerprint density at radius 2 is 1.65 bits per heavy atom. The molecular weight excluding hydrogens is 316 g/mol. The normalized spacial score (nSPS) is 12.7. The molecule has 1 atom stereocenters. The number of benzene rings is 2. The Morgan fingerprint density at radius 1 is 1.04 bits per heavy atom. The zero-order valence-electron chi connectivity index (χ0n) is 12.3. The molecule has 7 heteroatoms. The van der Waals surface area contributed by atoms with Crippen LogP contribution in [0, 0.1) is 0 Å². The minimum absolute atomic E-state index is 0.0805. The highest BCUT2D eigenvalue weighted by Crippen LogP contribution is 2.10. The summed E-state index contributed by atoms with van der Waals surface area (Å²) in [5.41, 5.74) is 7.37. The van der Waals surface area contributed by atoms with Gasteiger partial charge in [0.15, 0.2) is 0 Å². The number of nitrogens with one attached hydrogen (secondary N) is 1. The van der Waals surface area contributed by atoms with Gasteiger partial charge in [0.2, 0.25) is 10.0 Å². The van der Waals surface area contributed by atoms with Crippen molar-refractivity contribution in [2.24, 2.45) is 0 Å². The highest BCUT2D eigenvalue weighted by Gasteiger charge is 2.24. The van der Waals surface area contributed by atoms with E-state index in [9.17, 15) is 18.3 Å². The van der Waals surface area contributed by atoms with Gasteiger partial charge in [-0.1, -0.05) is 42.5 Å². The molecule has 0 aliphatic heterocycles. The largest absolute Gasteiger partial charge is 0.480 e. The molecule has 0 aliphatic carbocycles. The molecule has 0 aliphatic rings. The molecule has 6 nitrogen and oxygen atoms in total. The maximum absolute atomic E-state index is 12.2. The number of nitrogens with two attached hydrogens (primary N) is 1. The summed E-state index contributed by atoms with van der Waals surface area (Å²) in [7, 11) is -3.78. The van der Waals surface area contributed by atoms with Crippen molar-refractivity contribution in [3.63, 3.8) is 0 Å². The molecule has 0 bridgehead atoms. The fourth-order valence-electron chi connectivity index (χ4n) is 2.12. The molecule has 122 valence electrons. The van der Waals surface area contributed by atoms with Gasteiger partial charge in [-0.3, -0.25) is 4.79 Å². The summed E-state index contributed by atoms with van der Waals surface area (Å²) in [6.07, 6.45) is 0.0805. The smallest absolute Gasteiger partial charge is 0.322 e. The second-order valence-corrected chi connectivity index (χ2v) is 6.95. The maximum Gasteiger partial charge on any atom is 0.322 e. The van der Waals surface area contributed by atoms with Crippen molar-refractivity contribution in [1.29, 1.82) is 0 Å². The summed E-state index contributed by atoms with van der Waals surface area (Å²) in [6, 6.07) is 14.1. The van der Waals surface area contributed by atoms with Crippen LogP contribution in [0.1, 0.15) is 11.1 Å². The average molecular weight is 334 g/mol. The lowest BCUT2D eigenvalue weighted by Gasteiger charge is -2.15.